The van der Waals surface area contributed by atoms with Crippen LogP contribution in [0.25, 0.3) is 0 Å². The van der Waals surface area contributed by atoms with Gasteiger partial charge in [-0.1, -0.05) is 12.1 Å². The van der Waals surface area contributed by atoms with Crippen LogP contribution >= 0.6 is 0 Å². The Hall–Kier alpha value is -2.87. The summed E-state index contributed by atoms with van der Waals surface area (Å²) in [6.45, 7) is 7.98. The molecule has 2 amide bonds. The highest BCUT2D eigenvalue weighted by molar-refractivity contribution is 7.92. The lowest BCUT2D eigenvalue weighted by Gasteiger charge is -2.22. The molecule has 0 bridgehead atoms. The lowest BCUT2D eigenvalue weighted by atomic mass is 10.1. The zero-order valence-electron chi connectivity index (χ0n) is 17.7. The number of hydrogen-bond acceptors (Lipinski definition) is 4. The lowest BCUT2D eigenvalue weighted by molar-refractivity contribution is -0.117. The predicted molar refractivity (Wildman–Crippen MR) is 117 cm³/mol. The molecule has 2 aromatic rings. The molecule has 0 aliphatic carbocycles. The van der Waals surface area contributed by atoms with Crippen LogP contribution in [-0.2, 0) is 14.8 Å². The summed E-state index contributed by atoms with van der Waals surface area (Å²) in [6.07, 6.45) is 1.31. The zero-order valence-corrected chi connectivity index (χ0v) is 18.5. The van der Waals surface area contributed by atoms with E-state index < -0.39 is 15.6 Å². The summed E-state index contributed by atoms with van der Waals surface area (Å²) in [7, 11) is -3.92. The van der Waals surface area contributed by atoms with E-state index in [1.54, 1.807) is 48.2 Å². The van der Waals surface area contributed by atoms with Gasteiger partial charge < -0.3 is 10.2 Å². The minimum Gasteiger partial charge on any atom is -0.347 e. The van der Waals surface area contributed by atoms with Crippen LogP contribution in [0.4, 0.5) is 11.4 Å². The number of anilines is 2. The van der Waals surface area contributed by atoms with Gasteiger partial charge in [-0.05, 0) is 70.0 Å². The quantitative estimate of drug-likeness (QED) is 0.761. The average molecular weight is 430 g/mol. The highest BCUT2D eigenvalue weighted by Crippen LogP contribution is 2.28. The molecule has 0 aromatic heterocycles. The Kier molecular flexibility index (Phi) is 5.90. The number of amides is 2. The summed E-state index contributed by atoms with van der Waals surface area (Å²) in [4.78, 5) is 26.4. The molecule has 3 rings (SSSR count). The average Bonchev–Trinajstić information content (AvgIpc) is 3.06. The third-order valence-corrected chi connectivity index (χ3v) is 6.11. The van der Waals surface area contributed by atoms with Crippen molar-refractivity contribution in [1.29, 1.82) is 0 Å². The molecule has 1 heterocycles. The standard InChI is InChI=1S/C22H27N3O4S/c1-15-14-16(11-12-19(15)25-13-7-10-20(25)26)30(28,29)24-18-9-6-5-8-17(18)21(27)23-22(2,3)4/h5-6,8-9,11-12,14,24H,7,10,13H2,1-4H3,(H,23,27). The number of aryl methyl sites for hydroxylation is 1. The van der Waals surface area contributed by atoms with E-state index >= 15 is 0 Å². The van der Waals surface area contributed by atoms with E-state index in [0.29, 0.717) is 18.5 Å². The molecule has 1 fully saturated rings. The van der Waals surface area contributed by atoms with Gasteiger partial charge in [0.05, 0.1) is 16.1 Å². The Bertz CT molecular complexity index is 1090. The Balaban J connectivity index is 1.88. The van der Waals surface area contributed by atoms with Crippen molar-refractivity contribution in [2.24, 2.45) is 0 Å². The minimum absolute atomic E-state index is 0.0469. The summed E-state index contributed by atoms with van der Waals surface area (Å²) in [5, 5.41) is 2.84. The van der Waals surface area contributed by atoms with Gasteiger partial charge >= 0.3 is 0 Å². The van der Waals surface area contributed by atoms with Crippen LogP contribution in [0.15, 0.2) is 47.4 Å². The van der Waals surface area contributed by atoms with Gasteiger partial charge in [0.25, 0.3) is 15.9 Å². The molecule has 0 radical (unpaired) electrons. The van der Waals surface area contributed by atoms with Crippen LogP contribution < -0.4 is 14.9 Å². The zero-order chi connectivity index (χ0) is 22.1. The molecular formula is C22H27N3O4S. The number of nitrogens with zero attached hydrogens (tertiary/aromatic N) is 1. The number of carbonyl (C=O) groups excluding carboxylic acids is 2. The monoisotopic (exact) mass is 429 g/mol. The van der Waals surface area contributed by atoms with Crippen LogP contribution in [-0.4, -0.2) is 32.3 Å². The Morgan fingerprint density at radius 1 is 1.10 bits per heavy atom. The van der Waals surface area contributed by atoms with Crippen molar-refractivity contribution in [3.05, 3.63) is 53.6 Å². The summed E-state index contributed by atoms with van der Waals surface area (Å²) in [6, 6.07) is 11.2. The predicted octanol–water partition coefficient (Wildman–Crippen LogP) is 3.45. The van der Waals surface area contributed by atoms with E-state index in [1.807, 2.05) is 20.8 Å². The van der Waals surface area contributed by atoms with E-state index in [-0.39, 0.29) is 28.0 Å². The minimum atomic E-state index is -3.92. The fourth-order valence-electron chi connectivity index (χ4n) is 3.38. The first-order chi connectivity index (χ1) is 14.0. The Morgan fingerprint density at radius 3 is 2.40 bits per heavy atom. The fraction of sp³-hybridized carbons (Fsp3) is 0.364. The molecule has 0 atom stereocenters. The Labute approximate surface area is 177 Å². The smallest absolute Gasteiger partial charge is 0.261 e. The van der Waals surface area contributed by atoms with Gasteiger partial charge in [0.15, 0.2) is 0 Å². The van der Waals surface area contributed by atoms with Gasteiger partial charge in [-0.15, -0.1) is 0 Å². The third kappa shape index (κ3) is 4.81. The van der Waals surface area contributed by atoms with E-state index in [9.17, 15) is 18.0 Å². The van der Waals surface area contributed by atoms with E-state index in [0.717, 1.165) is 12.1 Å². The van der Waals surface area contributed by atoms with Crippen molar-refractivity contribution in [2.45, 2.75) is 51.0 Å². The van der Waals surface area contributed by atoms with Crippen molar-refractivity contribution in [3.63, 3.8) is 0 Å². The first-order valence-electron chi connectivity index (χ1n) is 9.83. The summed E-state index contributed by atoms with van der Waals surface area (Å²) in [5.41, 5.74) is 1.42. The molecule has 2 N–H and O–H groups in total. The highest BCUT2D eigenvalue weighted by Gasteiger charge is 2.25. The summed E-state index contributed by atoms with van der Waals surface area (Å²) < 4.78 is 28.5. The molecule has 1 aliphatic rings. The molecular weight excluding hydrogens is 402 g/mol. The van der Waals surface area contributed by atoms with E-state index in [1.165, 1.54) is 6.07 Å². The maximum absolute atomic E-state index is 13.0. The number of sulfonamides is 1. The third-order valence-electron chi connectivity index (χ3n) is 4.75. The van der Waals surface area contributed by atoms with Crippen molar-refractivity contribution < 1.29 is 18.0 Å². The van der Waals surface area contributed by atoms with Crippen LogP contribution in [0.5, 0.6) is 0 Å². The second kappa shape index (κ2) is 8.10. The second-order valence-electron chi connectivity index (χ2n) is 8.45. The molecule has 1 saturated heterocycles. The molecule has 0 saturated carbocycles. The Morgan fingerprint density at radius 2 is 1.80 bits per heavy atom. The number of benzene rings is 2. The molecule has 0 unspecified atom stereocenters. The number of carbonyl (C=O) groups is 2. The fourth-order valence-corrected chi connectivity index (χ4v) is 4.55. The van der Waals surface area contributed by atoms with Crippen molar-refractivity contribution in [2.75, 3.05) is 16.2 Å². The van der Waals surface area contributed by atoms with Crippen molar-refractivity contribution >= 4 is 33.2 Å². The topological polar surface area (TPSA) is 95.6 Å². The van der Waals surface area contributed by atoms with Crippen LogP contribution in [0, 0.1) is 6.92 Å². The maximum Gasteiger partial charge on any atom is 0.261 e. The molecule has 160 valence electrons. The number of rotatable bonds is 5. The molecule has 7 nitrogen and oxygen atoms in total. The van der Waals surface area contributed by atoms with Gasteiger partial charge in [0, 0.05) is 24.2 Å². The van der Waals surface area contributed by atoms with Crippen molar-refractivity contribution in [3.8, 4) is 0 Å². The number of para-hydroxylation sites is 1. The van der Waals surface area contributed by atoms with Gasteiger partial charge in [0.2, 0.25) is 5.91 Å². The van der Waals surface area contributed by atoms with Crippen molar-refractivity contribution in [1.82, 2.24) is 5.32 Å². The molecule has 1 aliphatic heterocycles. The molecule has 0 spiro atoms. The SMILES string of the molecule is Cc1cc(S(=O)(=O)Nc2ccccc2C(=O)NC(C)(C)C)ccc1N1CCCC1=O. The number of hydrogen-bond donors (Lipinski definition) is 2. The molecule has 8 heteroatoms. The van der Waals surface area contributed by atoms with E-state index in [2.05, 4.69) is 10.0 Å². The largest absolute Gasteiger partial charge is 0.347 e. The normalized spacial score (nSPS) is 14.7. The maximum atomic E-state index is 13.0. The van der Waals surface area contributed by atoms with Crippen LogP contribution in [0.3, 0.4) is 0 Å². The molecule has 30 heavy (non-hydrogen) atoms. The first kappa shape index (κ1) is 21.8. The van der Waals surface area contributed by atoms with Crippen LogP contribution in [0.2, 0.25) is 0 Å². The van der Waals surface area contributed by atoms with Gasteiger partial charge in [-0.3, -0.25) is 14.3 Å². The van der Waals surface area contributed by atoms with Gasteiger partial charge in [-0.25, -0.2) is 8.42 Å². The van der Waals surface area contributed by atoms with Gasteiger partial charge in [0.1, 0.15) is 0 Å². The summed E-state index contributed by atoms with van der Waals surface area (Å²) >= 11 is 0. The molecule has 2 aromatic carbocycles. The first-order valence-corrected chi connectivity index (χ1v) is 11.3. The lowest BCUT2D eigenvalue weighted by Crippen LogP contribution is -2.40. The van der Waals surface area contributed by atoms with Crippen LogP contribution in [0.1, 0.15) is 49.5 Å². The second-order valence-corrected chi connectivity index (χ2v) is 10.1. The highest BCUT2D eigenvalue weighted by atomic mass is 32.2. The number of nitrogens with one attached hydrogen (secondary N) is 2. The summed E-state index contributed by atoms with van der Waals surface area (Å²) in [5.74, 6) is -0.314. The van der Waals surface area contributed by atoms with E-state index in [4.69, 9.17) is 0 Å². The van der Waals surface area contributed by atoms with Gasteiger partial charge in [-0.2, -0.15) is 0 Å².